The fourth-order valence-corrected chi connectivity index (χ4v) is 6.38. The molecule has 3 saturated carbocycles. The molecule has 3 unspecified atom stereocenters. The Hall–Kier alpha value is -2.48. The molecule has 1 N–H and O–H groups in total. The van der Waals surface area contributed by atoms with Crippen molar-refractivity contribution in [3.63, 3.8) is 0 Å². The summed E-state index contributed by atoms with van der Waals surface area (Å²) in [7, 11) is 0. The highest BCUT2D eigenvalue weighted by atomic mass is 16.5. The Morgan fingerprint density at radius 1 is 1.09 bits per heavy atom. The second-order valence-corrected chi connectivity index (χ2v) is 11.1. The van der Waals surface area contributed by atoms with Crippen LogP contribution in [0.4, 0.5) is 5.95 Å². The van der Waals surface area contributed by atoms with Crippen LogP contribution in [-0.2, 0) is 11.3 Å². The van der Waals surface area contributed by atoms with Gasteiger partial charge in [-0.1, -0.05) is 24.4 Å². The van der Waals surface area contributed by atoms with Gasteiger partial charge in [-0.15, -0.1) is 0 Å². The number of aromatic nitrogens is 3. The Kier molecular flexibility index (Phi) is 6.25. The number of aromatic carboxylic acids is 1. The van der Waals surface area contributed by atoms with Crippen LogP contribution in [0.2, 0.25) is 0 Å². The zero-order chi connectivity index (χ0) is 23.9. The number of hydrogen-bond acceptors (Lipinski definition) is 7. The number of carboxylic acid groups (broad SMARTS) is 1. The quantitative estimate of drug-likeness (QED) is 0.565. The average Bonchev–Trinajstić information content (AvgIpc) is 3.62. The Morgan fingerprint density at radius 2 is 1.91 bits per heavy atom. The predicted molar refractivity (Wildman–Crippen MR) is 130 cm³/mol. The number of carbonyl (C=O) groups is 1. The standard InChI is InChI=1S/C27H36N4O4/c1-16-13-22(26(32)33)29-27(28-16)31-12-11-20(14-19-9-10-23(19)31)34-15-21-24(17-5-3-2-4-6-17)30-35-25(21)18-7-8-18/h13,17-20,23H,2-12,14-15H2,1H3,(H,32,33). The first-order valence-electron chi connectivity index (χ1n) is 13.5. The van der Waals surface area contributed by atoms with E-state index in [0.717, 1.165) is 37.3 Å². The van der Waals surface area contributed by atoms with Gasteiger partial charge in [0.2, 0.25) is 5.95 Å². The van der Waals surface area contributed by atoms with E-state index in [9.17, 15) is 9.90 Å². The molecule has 2 aromatic rings. The van der Waals surface area contributed by atoms with Crippen LogP contribution in [-0.4, -0.2) is 44.9 Å². The van der Waals surface area contributed by atoms with Crippen molar-refractivity contribution in [2.24, 2.45) is 5.92 Å². The number of rotatable bonds is 7. The van der Waals surface area contributed by atoms with E-state index in [0.29, 0.717) is 42.0 Å². The van der Waals surface area contributed by atoms with Crippen molar-refractivity contribution < 1.29 is 19.2 Å². The topological polar surface area (TPSA) is 102 Å². The van der Waals surface area contributed by atoms with Crippen LogP contribution in [0.25, 0.3) is 0 Å². The largest absolute Gasteiger partial charge is 0.477 e. The minimum absolute atomic E-state index is 0.0655. The van der Waals surface area contributed by atoms with Crippen LogP contribution in [0.1, 0.15) is 116 Å². The van der Waals surface area contributed by atoms with Crippen molar-refractivity contribution in [2.45, 2.75) is 108 Å². The van der Waals surface area contributed by atoms with Crippen LogP contribution < -0.4 is 4.90 Å². The van der Waals surface area contributed by atoms with E-state index in [1.165, 1.54) is 63.0 Å². The summed E-state index contributed by atoms with van der Waals surface area (Å²) in [4.78, 5) is 22.8. The summed E-state index contributed by atoms with van der Waals surface area (Å²) >= 11 is 0. The second kappa shape index (κ2) is 9.52. The molecular formula is C27H36N4O4. The Labute approximate surface area is 206 Å². The van der Waals surface area contributed by atoms with E-state index in [4.69, 9.17) is 9.26 Å². The zero-order valence-electron chi connectivity index (χ0n) is 20.6. The number of hydrogen-bond donors (Lipinski definition) is 1. The minimum atomic E-state index is -1.01. The second-order valence-electron chi connectivity index (χ2n) is 11.1. The number of nitrogens with zero attached hydrogens (tertiary/aromatic N) is 4. The van der Waals surface area contributed by atoms with Gasteiger partial charge < -0.3 is 19.3 Å². The number of fused-ring (bicyclic) bond motifs is 1. The van der Waals surface area contributed by atoms with Crippen LogP contribution in [0, 0.1) is 12.8 Å². The normalized spacial score (nSPS) is 27.2. The molecule has 4 fully saturated rings. The molecule has 2 aromatic heterocycles. The summed E-state index contributed by atoms with van der Waals surface area (Å²) in [6.45, 7) is 3.20. The van der Waals surface area contributed by atoms with Gasteiger partial charge in [-0.3, -0.25) is 0 Å². The molecule has 3 atom stereocenters. The zero-order valence-corrected chi connectivity index (χ0v) is 20.6. The molecule has 3 heterocycles. The van der Waals surface area contributed by atoms with E-state index in [2.05, 4.69) is 20.0 Å². The maximum absolute atomic E-state index is 11.5. The molecule has 188 valence electrons. The van der Waals surface area contributed by atoms with Crippen molar-refractivity contribution in [1.29, 1.82) is 0 Å². The highest BCUT2D eigenvalue weighted by Crippen LogP contribution is 2.46. The summed E-state index contributed by atoms with van der Waals surface area (Å²) in [5, 5.41) is 14.0. The molecular weight excluding hydrogens is 444 g/mol. The lowest BCUT2D eigenvalue weighted by molar-refractivity contribution is 0.0158. The van der Waals surface area contributed by atoms with Gasteiger partial charge in [0.1, 0.15) is 5.76 Å². The average molecular weight is 481 g/mol. The van der Waals surface area contributed by atoms with Gasteiger partial charge in [0.25, 0.3) is 0 Å². The Bertz CT molecular complexity index is 1080. The minimum Gasteiger partial charge on any atom is -0.477 e. The summed E-state index contributed by atoms with van der Waals surface area (Å²) < 4.78 is 12.5. The third-order valence-electron chi connectivity index (χ3n) is 8.61. The number of carboxylic acids is 1. The maximum Gasteiger partial charge on any atom is 0.354 e. The lowest BCUT2D eigenvalue weighted by Crippen LogP contribution is -2.47. The lowest BCUT2D eigenvalue weighted by atomic mass is 9.76. The van der Waals surface area contributed by atoms with E-state index in [-0.39, 0.29) is 11.8 Å². The molecule has 0 bridgehead atoms. The monoisotopic (exact) mass is 480 g/mol. The number of ether oxygens (including phenoxy) is 1. The van der Waals surface area contributed by atoms with Crippen molar-refractivity contribution >= 4 is 11.9 Å². The molecule has 0 spiro atoms. The third kappa shape index (κ3) is 4.69. The van der Waals surface area contributed by atoms with Gasteiger partial charge in [-0.25, -0.2) is 14.8 Å². The molecule has 0 radical (unpaired) electrons. The van der Waals surface area contributed by atoms with Crippen molar-refractivity contribution in [3.05, 3.63) is 34.5 Å². The molecule has 1 aliphatic heterocycles. The van der Waals surface area contributed by atoms with Gasteiger partial charge in [0.05, 0.1) is 18.4 Å². The summed E-state index contributed by atoms with van der Waals surface area (Å²) in [6, 6.07) is 1.90. The molecule has 8 nitrogen and oxygen atoms in total. The predicted octanol–water partition coefficient (Wildman–Crippen LogP) is 5.36. The Morgan fingerprint density at radius 3 is 2.63 bits per heavy atom. The summed E-state index contributed by atoms with van der Waals surface area (Å²) in [6.07, 6.45) is 13.1. The van der Waals surface area contributed by atoms with E-state index >= 15 is 0 Å². The number of anilines is 1. The van der Waals surface area contributed by atoms with E-state index < -0.39 is 5.97 Å². The van der Waals surface area contributed by atoms with Crippen molar-refractivity contribution in [2.75, 3.05) is 11.4 Å². The van der Waals surface area contributed by atoms with Crippen LogP contribution in [0.3, 0.4) is 0 Å². The number of aryl methyl sites for hydroxylation is 1. The highest BCUT2D eigenvalue weighted by molar-refractivity contribution is 5.85. The summed E-state index contributed by atoms with van der Waals surface area (Å²) in [5.41, 5.74) is 3.16. The first kappa shape index (κ1) is 23.0. The van der Waals surface area contributed by atoms with Gasteiger partial charge in [0.15, 0.2) is 5.69 Å². The van der Waals surface area contributed by atoms with Crippen molar-refractivity contribution in [1.82, 2.24) is 15.1 Å². The van der Waals surface area contributed by atoms with Crippen LogP contribution in [0.5, 0.6) is 0 Å². The van der Waals surface area contributed by atoms with Gasteiger partial charge in [-0.05, 0) is 70.3 Å². The SMILES string of the molecule is Cc1cc(C(=O)O)nc(N2CCC(OCc3c(C4CCCCC4)noc3C3CC3)CC3CCC32)n1. The molecule has 4 aliphatic rings. The van der Waals surface area contributed by atoms with Crippen LogP contribution >= 0.6 is 0 Å². The fourth-order valence-electron chi connectivity index (χ4n) is 6.38. The van der Waals surface area contributed by atoms with E-state index in [1.54, 1.807) is 0 Å². The first-order valence-corrected chi connectivity index (χ1v) is 13.5. The fraction of sp³-hybridized carbons (Fsp3) is 0.704. The van der Waals surface area contributed by atoms with Crippen LogP contribution in [0.15, 0.2) is 10.6 Å². The molecule has 8 heteroatoms. The summed E-state index contributed by atoms with van der Waals surface area (Å²) in [5.74, 6) is 2.20. The molecule has 3 aliphatic carbocycles. The molecule has 0 aromatic carbocycles. The molecule has 1 saturated heterocycles. The third-order valence-corrected chi connectivity index (χ3v) is 8.61. The first-order chi connectivity index (χ1) is 17.1. The van der Waals surface area contributed by atoms with E-state index in [1.807, 2.05) is 6.92 Å². The van der Waals surface area contributed by atoms with Gasteiger partial charge in [-0.2, -0.15) is 0 Å². The maximum atomic E-state index is 11.5. The molecule has 6 rings (SSSR count). The lowest BCUT2D eigenvalue weighted by Gasteiger charge is -2.43. The highest BCUT2D eigenvalue weighted by Gasteiger charge is 2.41. The molecule has 35 heavy (non-hydrogen) atoms. The van der Waals surface area contributed by atoms with Gasteiger partial charge in [0, 0.05) is 35.7 Å². The smallest absolute Gasteiger partial charge is 0.354 e. The van der Waals surface area contributed by atoms with Gasteiger partial charge >= 0.3 is 5.97 Å². The molecule has 0 amide bonds. The van der Waals surface area contributed by atoms with Crippen molar-refractivity contribution in [3.8, 4) is 0 Å². The Balaban J connectivity index is 1.17.